The summed E-state index contributed by atoms with van der Waals surface area (Å²) >= 11 is 0. The molecule has 0 radical (unpaired) electrons. The molecular formula is C21H30IN3O4. The predicted octanol–water partition coefficient (Wildman–Crippen LogP) is 3.46. The Morgan fingerprint density at radius 1 is 0.862 bits per heavy atom. The molecule has 2 N–H and O–H groups in total. The summed E-state index contributed by atoms with van der Waals surface area (Å²) in [6, 6.07) is 13.3. The molecular weight excluding hydrogens is 485 g/mol. The molecule has 0 spiro atoms. The fourth-order valence-electron chi connectivity index (χ4n) is 2.54. The molecule has 2 aromatic carbocycles. The van der Waals surface area contributed by atoms with Crippen LogP contribution in [-0.2, 0) is 6.54 Å². The summed E-state index contributed by atoms with van der Waals surface area (Å²) in [4.78, 5) is 4.24. The van der Waals surface area contributed by atoms with Crippen LogP contribution in [0.2, 0.25) is 0 Å². The number of rotatable bonds is 10. The van der Waals surface area contributed by atoms with Crippen molar-refractivity contribution >= 4 is 29.9 Å². The first-order valence-electron chi connectivity index (χ1n) is 9.12. The number of benzene rings is 2. The van der Waals surface area contributed by atoms with Gasteiger partial charge in [-0.1, -0.05) is 0 Å². The molecule has 0 aromatic heterocycles. The van der Waals surface area contributed by atoms with Crippen molar-refractivity contribution in [1.82, 2.24) is 10.6 Å². The summed E-state index contributed by atoms with van der Waals surface area (Å²) in [5, 5.41) is 6.56. The maximum atomic E-state index is 5.72. The first-order chi connectivity index (χ1) is 13.7. The van der Waals surface area contributed by atoms with Crippen molar-refractivity contribution in [2.24, 2.45) is 4.99 Å². The molecule has 2 rings (SSSR count). The largest absolute Gasteiger partial charge is 0.497 e. The van der Waals surface area contributed by atoms with Crippen LogP contribution in [0.3, 0.4) is 0 Å². The van der Waals surface area contributed by atoms with Crippen LogP contribution in [0.15, 0.2) is 47.5 Å². The van der Waals surface area contributed by atoms with Gasteiger partial charge in [0.15, 0.2) is 5.96 Å². The fourth-order valence-corrected chi connectivity index (χ4v) is 2.54. The number of nitrogens with zero attached hydrogens (tertiary/aromatic N) is 1. The average Bonchev–Trinajstić information content (AvgIpc) is 2.75. The molecule has 0 atom stereocenters. The van der Waals surface area contributed by atoms with E-state index in [0.29, 0.717) is 13.2 Å². The maximum absolute atomic E-state index is 5.72. The number of hydrogen-bond acceptors (Lipinski definition) is 5. The topological polar surface area (TPSA) is 73.3 Å². The van der Waals surface area contributed by atoms with Crippen molar-refractivity contribution in [3.8, 4) is 23.0 Å². The smallest absolute Gasteiger partial charge is 0.191 e. The summed E-state index contributed by atoms with van der Waals surface area (Å²) in [6.07, 6.45) is 0.846. The van der Waals surface area contributed by atoms with Gasteiger partial charge in [0.05, 0.1) is 27.9 Å². The highest BCUT2D eigenvalue weighted by Gasteiger charge is 2.06. The van der Waals surface area contributed by atoms with Gasteiger partial charge >= 0.3 is 0 Å². The first-order valence-corrected chi connectivity index (χ1v) is 9.12. The summed E-state index contributed by atoms with van der Waals surface area (Å²) < 4.78 is 21.5. The highest BCUT2D eigenvalue weighted by Crippen LogP contribution is 2.24. The lowest BCUT2D eigenvalue weighted by molar-refractivity contribution is 0.310. The SMILES string of the molecule is CN=C(NCCCOc1ccc(OC)cc1)NCc1ccc(OC)cc1OC.I. The standard InChI is InChI=1S/C21H29N3O4.HI/c1-22-21(24-15-16-6-7-19(26-3)14-20(16)27-4)23-12-5-13-28-18-10-8-17(25-2)9-11-18;/h6-11,14H,5,12-13,15H2,1-4H3,(H2,22,23,24);1H. The van der Waals surface area contributed by atoms with E-state index in [4.69, 9.17) is 18.9 Å². The third-order valence-corrected chi connectivity index (χ3v) is 4.11. The zero-order valence-electron chi connectivity index (χ0n) is 17.4. The Labute approximate surface area is 189 Å². The van der Waals surface area contributed by atoms with Crippen LogP contribution in [0.1, 0.15) is 12.0 Å². The van der Waals surface area contributed by atoms with E-state index in [0.717, 1.165) is 47.5 Å². The van der Waals surface area contributed by atoms with E-state index in [-0.39, 0.29) is 24.0 Å². The van der Waals surface area contributed by atoms with Crippen molar-refractivity contribution in [1.29, 1.82) is 0 Å². The quantitative estimate of drug-likeness (QED) is 0.219. The van der Waals surface area contributed by atoms with Crippen LogP contribution < -0.4 is 29.6 Å². The van der Waals surface area contributed by atoms with E-state index in [1.54, 1.807) is 28.4 Å². The van der Waals surface area contributed by atoms with Crippen molar-refractivity contribution in [2.45, 2.75) is 13.0 Å². The van der Waals surface area contributed by atoms with Gasteiger partial charge in [0.2, 0.25) is 0 Å². The van der Waals surface area contributed by atoms with E-state index >= 15 is 0 Å². The molecule has 0 fully saturated rings. The lowest BCUT2D eigenvalue weighted by atomic mass is 10.2. The normalized spacial score (nSPS) is 10.6. The van der Waals surface area contributed by atoms with Gasteiger partial charge in [-0.25, -0.2) is 0 Å². The van der Waals surface area contributed by atoms with Crippen LogP contribution in [0.25, 0.3) is 0 Å². The van der Waals surface area contributed by atoms with E-state index in [9.17, 15) is 0 Å². The molecule has 0 aliphatic rings. The number of nitrogens with one attached hydrogen (secondary N) is 2. The van der Waals surface area contributed by atoms with Crippen molar-refractivity contribution in [3.63, 3.8) is 0 Å². The summed E-state index contributed by atoms with van der Waals surface area (Å²) in [7, 11) is 6.67. The monoisotopic (exact) mass is 515 g/mol. The molecule has 0 aliphatic carbocycles. The number of ether oxygens (including phenoxy) is 4. The molecule has 0 saturated carbocycles. The lowest BCUT2D eigenvalue weighted by Gasteiger charge is -2.14. The average molecular weight is 515 g/mol. The second kappa shape index (κ2) is 13.8. The van der Waals surface area contributed by atoms with E-state index in [2.05, 4.69) is 15.6 Å². The molecule has 160 valence electrons. The summed E-state index contributed by atoms with van der Waals surface area (Å²) in [5.74, 6) is 3.91. The Morgan fingerprint density at radius 2 is 1.52 bits per heavy atom. The lowest BCUT2D eigenvalue weighted by Crippen LogP contribution is -2.37. The molecule has 2 aromatic rings. The van der Waals surface area contributed by atoms with Crippen LogP contribution in [0.5, 0.6) is 23.0 Å². The molecule has 7 nitrogen and oxygen atoms in total. The van der Waals surface area contributed by atoms with Gasteiger partial charge in [-0.3, -0.25) is 4.99 Å². The third kappa shape index (κ3) is 8.26. The summed E-state index contributed by atoms with van der Waals surface area (Å²) in [6.45, 7) is 1.95. The maximum Gasteiger partial charge on any atom is 0.191 e. The molecule has 0 heterocycles. The van der Waals surface area contributed by atoms with Crippen LogP contribution >= 0.6 is 24.0 Å². The Morgan fingerprint density at radius 3 is 2.14 bits per heavy atom. The first kappa shape index (κ1) is 24.7. The zero-order valence-corrected chi connectivity index (χ0v) is 19.7. The number of halogens is 1. The molecule has 8 heteroatoms. The minimum absolute atomic E-state index is 0. The second-order valence-corrected chi connectivity index (χ2v) is 5.91. The second-order valence-electron chi connectivity index (χ2n) is 5.91. The number of aliphatic imine (C=N–C) groups is 1. The van der Waals surface area contributed by atoms with E-state index in [1.807, 2.05) is 42.5 Å². The van der Waals surface area contributed by atoms with Crippen LogP contribution in [-0.4, -0.2) is 47.5 Å². The highest BCUT2D eigenvalue weighted by atomic mass is 127. The predicted molar refractivity (Wildman–Crippen MR) is 126 cm³/mol. The molecule has 29 heavy (non-hydrogen) atoms. The highest BCUT2D eigenvalue weighted by molar-refractivity contribution is 14.0. The van der Waals surface area contributed by atoms with Gasteiger partial charge in [-0.15, -0.1) is 24.0 Å². The van der Waals surface area contributed by atoms with Gasteiger partial charge in [0, 0.05) is 31.8 Å². The third-order valence-electron chi connectivity index (χ3n) is 4.11. The zero-order chi connectivity index (χ0) is 20.2. The Hall–Kier alpha value is -2.36. The number of guanidine groups is 1. The minimum atomic E-state index is 0. The van der Waals surface area contributed by atoms with Gasteiger partial charge in [-0.2, -0.15) is 0 Å². The van der Waals surface area contributed by atoms with E-state index < -0.39 is 0 Å². The Bertz CT molecular complexity index is 754. The van der Waals surface area contributed by atoms with Gasteiger partial charge in [0.1, 0.15) is 23.0 Å². The van der Waals surface area contributed by atoms with Crippen molar-refractivity contribution < 1.29 is 18.9 Å². The molecule has 0 aliphatic heterocycles. The Balaban J connectivity index is 0.00000420. The van der Waals surface area contributed by atoms with Crippen molar-refractivity contribution in [3.05, 3.63) is 48.0 Å². The number of hydrogen-bond donors (Lipinski definition) is 2. The van der Waals surface area contributed by atoms with Crippen LogP contribution in [0.4, 0.5) is 0 Å². The van der Waals surface area contributed by atoms with Crippen LogP contribution in [0, 0.1) is 0 Å². The minimum Gasteiger partial charge on any atom is -0.497 e. The van der Waals surface area contributed by atoms with Gasteiger partial charge < -0.3 is 29.6 Å². The van der Waals surface area contributed by atoms with Gasteiger partial charge in [-0.05, 0) is 42.8 Å². The number of methoxy groups -OCH3 is 3. The molecule has 0 saturated heterocycles. The fraction of sp³-hybridized carbons (Fsp3) is 0.381. The molecule has 0 amide bonds. The summed E-state index contributed by atoms with van der Waals surface area (Å²) in [5.41, 5.74) is 1.02. The van der Waals surface area contributed by atoms with Gasteiger partial charge in [0.25, 0.3) is 0 Å². The van der Waals surface area contributed by atoms with E-state index in [1.165, 1.54) is 0 Å². The van der Waals surface area contributed by atoms with Crippen molar-refractivity contribution in [2.75, 3.05) is 41.5 Å². The Kier molecular flexibility index (Phi) is 11.7. The molecule has 0 unspecified atom stereocenters. The molecule has 0 bridgehead atoms.